The molecule has 3 rings (SSSR count). The first-order valence-electron chi connectivity index (χ1n) is 8.87. The van der Waals surface area contributed by atoms with Crippen molar-refractivity contribution in [3.63, 3.8) is 0 Å². The van der Waals surface area contributed by atoms with Gasteiger partial charge in [-0.05, 0) is 61.7 Å². The van der Waals surface area contributed by atoms with Crippen LogP contribution in [0.2, 0.25) is 0 Å². The largest absolute Gasteiger partial charge is 0.482 e. The zero-order valence-electron chi connectivity index (χ0n) is 15.7. The summed E-state index contributed by atoms with van der Waals surface area (Å²) in [4.78, 5) is 37.7. The van der Waals surface area contributed by atoms with Gasteiger partial charge in [-0.1, -0.05) is 22.0 Å². The van der Waals surface area contributed by atoms with Gasteiger partial charge in [0.25, 0.3) is 11.8 Å². The number of esters is 1. The number of amides is 2. The second-order valence-electron chi connectivity index (χ2n) is 6.64. The number of hydrogen-bond acceptors (Lipinski definition) is 5. The molecule has 146 valence electrons. The van der Waals surface area contributed by atoms with Gasteiger partial charge in [0.05, 0.1) is 17.7 Å². The van der Waals surface area contributed by atoms with E-state index in [0.717, 1.165) is 15.6 Å². The fourth-order valence-electron chi connectivity index (χ4n) is 3.07. The van der Waals surface area contributed by atoms with E-state index in [1.165, 1.54) is 4.90 Å². The SMILES string of the molecule is Cc1cc(C)cc(OCC(=O)OCCCN2C(=O)c3ccc(Br)cc3C2=O)c1. The van der Waals surface area contributed by atoms with Crippen molar-refractivity contribution in [3.8, 4) is 5.75 Å². The number of imide groups is 1. The number of benzene rings is 2. The fourth-order valence-corrected chi connectivity index (χ4v) is 3.44. The number of fused-ring (bicyclic) bond motifs is 1. The molecule has 0 bridgehead atoms. The summed E-state index contributed by atoms with van der Waals surface area (Å²) in [7, 11) is 0. The normalized spacial score (nSPS) is 12.9. The van der Waals surface area contributed by atoms with Gasteiger partial charge in [-0.2, -0.15) is 0 Å². The number of nitrogens with zero attached hydrogens (tertiary/aromatic N) is 1. The third-order valence-electron chi connectivity index (χ3n) is 4.27. The van der Waals surface area contributed by atoms with Gasteiger partial charge >= 0.3 is 5.97 Å². The van der Waals surface area contributed by atoms with Gasteiger partial charge in [0.2, 0.25) is 0 Å². The van der Waals surface area contributed by atoms with E-state index in [1.54, 1.807) is 18.2 Å². The molecule has 1 aliphatic rings. The molecule has 0 spiro atoms. The third-order valence-corrected chi connectivity index (χ3v) is 4.77. The molecule has 0 saturated carbocycles. The summed E-state index contributed by atoms with van der Waals surface area (Å²) in [5.41, 5.74) is 2.89. The summed E-state index contributed by atoms with van der Waals surface area (Å²) in [5, 5.41) is 0. The van der Waals surface area contributed by atoms with E-state index in [9.17, 15) is 14.4 Å². The average molecular weight is 446 g/mol. The number of ether oxygens (including phenoxy) is 2. The smallest absolute Gasteiger partial charge is 0.344 e. The quantitative estimate of drug-likeness (QED) is 0.369. The number of aryl methyl sites for hydroxylation is 2. The summed E-state index contributed by atoms with van der Waals surface area (Å²) < 4.78 is 11.3. The average Bonchev–Trinajstić information content (AvgIpc) is 2.86. The summed E-state index contributed by atoms with van der Waals surface area (Å²) in [6.45, 7) is 4.01. The van der Waals surface area contributed by atoms with Gasteiger partial charge in [0.1, 0.15) is 5.75 Å². The van der Waals surface area contributed by atoms with Gasteiger partial charge in [-0.25, -0.2) is 4.79 Å². The van der Waals surface area contributed by atoms with Crippen LogP contribution in [-0.4, -0.2) is 42.4 Å². The van der Waals surface area contributed by atoms with Crippen molar-refractivity contribution in [2.45, 2.75) is 20.3 Å². The van der Waals surface area contributed by atoms with Crippen LogP contribution >= 0.6 is 15.9 Å². The maximum Gasteiger partial charge on any atom is 0.344 e. The van der Waals surface area contributed by atoms with Crippen molar-refractivity contribution in [1.82, 2.24) is 4.90 Å². The van der Waals surface area contributed by atoms with Crippen molar-refractivity contribution < 1.29 is 23.9 Å². The minimum atomic E-state index is -0.495. The van der Waals surface area contributed by atoms with Gasteiger partial charge < -0.3 is 9.47 Å². The van der Waals surface area contributed by atoms with Gasteiger partial charge in [0.15, 0.2) is 6.61 Å². The monoisotopic (exact) mass is 445 g/mol. The zero-order chi connectivity index (χ0) is 20.3. The van der Waals surface area contributed by atoms with Crippen molar-refractivity contribution in [2.75, 3.05) is 19.8 Å². The zero-order valence-corrected chi connectivity index (χ0v) is 17.2. The second-order valence-corrected chi connectivity index (χ2v) is 7.55. The van der Waals surface area contributed by atoms with E-state index < -0.39 is 5.97 Å². The lowest BCUT2D eigenvalue weighted by molar-refractivity contribution is -0.146. The highest BCUT2D eigenvalue weighted by atomic mass is 79.9. The first-order chi connectivity index (χ1) is 13.3. The molecule has 1 aliphatic heterocycles. The highest BCUT2D eigenvalue weighted by Gasteiger charge is 2.35. The predicted molar refractivity (Wildman–Crippen MR) is 106 cm³/mol. The van der Waals surface area contributed by atoms with Crippen molar-refractivity contribution in [3.05, 3.63) is 63.1 Å². The van der Waals surface area contributed by atoms with Crippen LogP contribution in [0.25, 0.3) is 0 Å². The molecule has 2 amide bonds. The molecule has 7 heteroatoms. The van der Waals surface area contributed by atoms with E-state index in [4.69, 9.17) is 9.47 Å². The molecule has 0 aliphatic carbocycles. The van der Waals surface area contributed by atoms with Gasteiger partial charge in [-0.15, -0.1) is 0 Å². The summed E-state index contributed by atoms with van der Waals surface area (Å²) in [5.74, 6) is -0.528. The lowest BCUT2D eigenvalue weighted by Crippen LogP contribution is -2.31. The maximum absolute atomic E-state index is 12.4. The van der Waals surface area contributed by atoms with Crippen LogP contribution in [0.4, 0.5) is 0 Å². The van der Waals surface area contributed by atoms with Crippen LogP contribution in [0.15, 0.2) is 40.9 Å². The molecule has 0 saturated heterocycles. The summed E-state index contributed by atoms with van der Waals surface area (Å²) in [6, 6.07) is 10.7. The molecule has 2 aromatic carbocycles. The van der Waals surface area contributed by atoms with Crippen LogP contribution in [0.3, 0.4) is 0 Å². The minimum Gasteiger partial charge on any atom is -0.482 e. The van der Waals surface area contributed by atoms with Gasteiger partial charge in [0, 0.05) is 11.0 Å². The molecular weight excluding hydrogens is 426 g/mol. The number of rotatable bonds is 7. The highest BCUT2D eigenvalue weighted by Crippen LogP contribution is 2.26. The molecule has 2 aromatic rings. The Morgan fingerprint density at radius 3 is 2.39 bits per heavy atom. The lowest BCUT2D eigenvalue weighted by Gasteiger charge is -2.13. The number of carbonyl (C=O) groups excluding carboxylic acids is 3. The van der Waals surface area contributed by atoms with E-state index in [0.29, 0.717) is 23.3 Å². The van der Waals surface area contributed by atoms with E-state index in [-0.39, 0.29) is 31.6 Å². The van der Waals surface area contributed by atoms with E-state index in [2.05, 4.69) is 15.9 Å². The molecule has 0 unspecified atom stereocenters. The van der Waals surface area contributed by atoms with Crippen molar-refractivity contribution in [1.29, 1.82) is 0 Å². The van der Waals surface area contributed by atoms with Crippen LogP contribution in [0.5, 0.6) is 5.75 Å². The number of hydrogen-bond donors (Lipinski definition) is 0. The third kappa shape index (κ3) is 4.59. The van der Waals surface area contributed by atoms with Gasteiger partial charge in [-0.3, -0.25) is 14.5 Å². The molecule has 6 nitrogen and oxygen atoms in total. The number of carbonyl (C=O) groups is 3. The Morgan fingerprint density at radius 1 is 1.00 bits per heavy atom. The molecule has 28 heavy (non-hydrogen) atoms. The first kappa shape index (κ1) is 20.1. The molecule has 0 atom stereocenters. The summed E-state index contributed by atoms with van der Waals surface area (Å²) >= 11 is 3.30. The molecule has 1 heterocycles. The Labute approximate surface area is 171 Å². The topological polar surface area (TPSA) is 72.9 Å². The van der Waals surface area contributed by atoms with Crippen LogP contribution < -0.4 is 4.74 Å². The van der Waals surface area contributed by atoms with Crippen LogP contribution in [0.1, 0.15) is 38.3 Å². The molecule has 0 aromatic heterocycles. The first-order valence-corrected chi connectivity index (χ1v) is 9.67. The van der Waals surface area contributed by atoms with Crippen LogP contribution in [0, 0.1) is 13.8 Å². The van der Waals surface area contributed by atoms with Crippen molar-refractivity contribution in [2.24, 2.45) is 0 Å². The Kier molecular flexibility index (Phi) is 6.14. The van der Waals surface area contributed by atoms with Crippen molar-refractivity contribution >= 4 is 33.7 Å². The highest BCUT2D eigenvalue weighted by molar-refractivity contribution is 9.10. The maximum atomic E-state index is 12.4. The molecular formula is C21H20BrNO5. The molecule has 0 fully saturated rings. The number of halogens is 1. The minimum absolute atomic E-state index is 0.103. The second kappa shape index (κ2) is 8.56. The lowest BCUT2D eigenvalue weighted by atomic mass is 10.1. The molecule has 0 N–H and O–H groups in total. The fraction of sp³-hybridized carbons (Fsp3) is 0.286. The van der Waals surface area contributed by atoms with E-state index >= 15 is 0 Å². The van der Waals surface area contributed by atoms with Crippen LogP contribution in [-0.2, 0) is 9.53 Å². The molecule has 0 radical (unpaired) electrons. The van der Waals surface area contributed by atoms with E-state index in [1.807, 2.05) is 32.0 Å². The Bertz CT molecular complexity index is 920. The Balaban J connectivity index is 1.43. The Morgan fingerprint density at radius 2 is 1.68 bits per heavy atom. The standard InChI is InChI=1S/C21H20BrNO5/c1-13-8-14(2)10-16(9-13)28-12-19(24)27-7-3-6-23-20(25)17-5-4-15(22)11-18(17)21(23)26/h4-5,8-11H,3,6-7,12H2,1-2H3. The predicted octanol–water partition coefficient (Wildman–Crippen LogP) is 3.67. The summed E-state index contributed by atoms with van der Waals surface area (Å²) in [6.07, 6.45) is 0.363. The Hall–Kier alpha value is -2.67.